The SMILES string of the molecule is CCN(CC)S(=O)(=O)c1ccc(CNC(=O)CC(C)C2CCNCC2)cc1.Cl. The van der Waals surface area contributed by atoms with Crippen LogP contribution in [0.2, 0.25) is 0 Å². The number of benzene rings is 1. The Morgan fingerprint density at radius 1 is 1.18 bits per heavy atom. The van der Waals surface area contributed by atoms with Gasteiger partial charge in [-0.2, -0.15) is 4.31 Å². The molecule has 0 spiro atoms. The van der Waals surface area contributed by atoms with Gasteiger partial charge in [-0.3, -0.25) is 4.79 Å². The van der Waals surface area contributed by atoms with Crippen molar-refractivity contribution in [1.29, 1.82) is 0 Å². The Morgan fingerprint density at radius 3 is 2.29 bits per heavy atom. The van der Waals surface area contributed by atoms with Gasteiger partial charge in [-0.15, -0.1) is 12.4 Å². The van der Waals surface area contributed by atoms with Gasteiger partial charge in [-0.25, -0.2) is 8.42 Å². The lowest BCUT2D eigenvalue weighted by Gasteiger charge is -2.27. The quantitative estimate of drug-likeness (QED) is 0.630. The predicted octanol–water partition coefficient (Wildman–Crippen LogP) is 2.78. The van der Waals surface area contributed by atoms with Crippen molar-refractivity contribution in [3.8, 4) is 0 Å². The van der Waals surface area contributed by atoms with Crippen LogP contribution in [0.25, 0.3) is 0 Å². The van der Waals surface area contributed by atoms with Gasteiger partial charge in [0.15, 0.2) is 0 Å². The number of carbonyl (C=O) groups excluding carboxylic acids is 1. The lowest BCUT2D eigenvalue weighted by atomic mass is 9.84. The van der Waals surface area contributed by atoms with Gasteiger partial charge in [0.2, 0.25) is 15.9 Å². The molecule has 6 nitrogen and oxygen atoms in total. The van der Waals surface area contributed by atoms with Crippen LogP contribution < -0.4 is 10.6 Å². The molecule has 160 valence electrons. The van der Waals surface area contributed by atoms with Crippen molar-refractivity contribution in [2.24, 2.45) is 11.8 Å². The van der Waals surface area contributed by atoms with E-state index in [1.54, 1.807) is 24.3 Å². The van der Waals surface area contributed by atoms with Crippen LogP contribution in [-0.2, 0) is 21.4 Å². The van der Waals surface area contributed by atoms with E-state index >= 15 is 0 Å². The number of carbonyl (C=O) groups is 1. The molecule has 1 aliphatic heterocycles. The van der Waals surface area contributed by atoms with E-state index in [1.807, 2.05) is 13.8 Å². The predicted molar refractivity (Wildman–Crippen MR) is 115 cm³/mol. The normalized spacial score (nSPS) is 16.4. The Hall–Kier alpha value is -1.15. The molecular weight excluding hydrogens is 398 g/mol. The maximum atomic E-state index is 12.5. The Labute approximate surface area is 175 Å². The fourth-order valence-corrected chi connectivity index (χ4v) is 5.10. The van der Waals surface area contributed by atoms with Gasteiger partial charge < -0.3 is 10.6 Å². The highest BCUT2D eigenvalue weighted by atomic mass is 35.5. The van der Waals surface area contributed by atoms with Crippen molar-refractivity contribution in [3.63, 3.8) is 0 Å². The fourth-order valence-electron chi connectivity index (χ4n) is 3.64. The number of hydrogen-bond acceptors (Lipinski definition) is 4. The molecule has 8 heteroatoms. The maximum Gasteiger partial charge on any atom is 0.243 e. The lowest BCUT2D eigenvalue weighted by Crippen LogP contribution is -2.33. The van der Waals surface area contributed by atoms with Gasteiger partial charge in [-0.05, 0) is 55.5 Å². The number of hydrogen-bond donors (Lipinski definition) is 2. The van der Waals surface area contributed by atoms with E-state index in [2.05, 4.69) is 17.6 Å². The molecule has 0 saturated carbocycles. The van der Waals surface area contributed by atoms with E-state index in [1.165, 1.54) is 4.31 Å². The van der Waals surface area contributed by atoms with Crippen LogP contribution in [0.3, 0.4) is 0 Å². The first-order chi connectivity index (χ1) is 12.9. The van der Waals surface area contributed by atoms with Crippen molar-refractivity contribution in [1.82, 2.24) is 14.9 Å². The van der Waals surface area contributed by atoms with Crippen LogP contribution in [-0.4, -0.2) is 44.8 Å². The topological polar surface area (TPSA) is 78.5 Å². The molecule has 1 saturated heterocycles. The second-order valence-electron chi connectivity index (χ2n) is 7.28. The van der Waals surface area contributed by atoms with Crippen molar-refractivity contribution >= 4 is 28.3 Å². The molecule has 1 aromatic rings. The van der Waals surface area contributed by atoms with Gasteiger partial charge in [0.1, 0.15) is 0 Å². The molecule has 1 atom stereocenters. The van der Waals surface area contributed by atoms with Gasteiger partial charge in [0.25, 0.3) is 0 Å². The first-order valence-corrected chi connectivity index (χ1v) is 11.4. The van der Waals surface area contributed by atoms with Crippen molar-refractivity contribution in [2.75, 3.05) is 26.2 Å². The average molecular weight is 432 g/mol. The number of rotatable bonds is 9. The summed E-state index contributed by atoms with van der Waals surface area (Å²) >= 11 is 0. The summed E-state index contributed by atoms with van der Waals surface area (Å²) in [6.07, 6.45) is 2.81. The highest BCUT2D eigenvalue weighted by molar-refractivity contribution is 7.89. The second kappa shape index (κ2) is 11.8. The van der Waals surface area contributed by atoms with Gasteiger partial charge in [-0.1, -0.05) is 32.9 Å². The molecule has 1 aliphatic rings. The summed E-state index contributed by atoms with van der Waals surface area (Å²) in [7, 11) is -3.44. The minimum atomic E-state index is -3.44. The summed E-state index contributed by atoms with van der Waals surface area (Å²) < 4.78 is 26.4. The molecule has 0 bridgehead atoms. The van der Waals surface area contributed by atoms with Crippen molar-refractivity contribution in [2.45, 2.75) is 51.5 Å². The van der Waals surface area contributed by atoms with Gasteiger partial charge in [0, 0.05) is 26.1 Å². The van der Waals surface area contributed by atoms with Crippen molar-refractivity contribution < 1.29 is 13.2 Å². The Bertz CT molecular complexity index is 700. The summed E-state index contributed by atoms with van der Waals surface area (Å²) in [4.78, 5) is 12.5. The van der Waals surface area contributed by atoms with Crippen LogP contribution in [0.5, 0.6) is 0 Å². The molecule has 2 N–H and O–H groups in total. The number of amides is 1. The molecule has 0 radical (unpaired) electrons. The average Bonchev–Trinajstić information content (AvgIpc) is 2.68. The monoisotopic (exact) mass is 431 g/mol. The van der Waals surface area contributed by atoms with Crippen LogP contribution in [0, 0.1) is 11.8 Å². The highest BCUT2D eigenvalue weighted by Crippen LogP contribution is 2.24. The van der Waals surface area contributed by atoms with E-state index in [0.29, 0.717) is 42.8 Å². The summed E-state index contributed by atoms with van der Waals surface area (Å²) in [6.45, 7) is 9.22. The zero-order chi connectivity index (χ0) is 19.9. The number of nitrogens with one attached hydrogen (secondary N) is 2. The number of sulfonamides is 1. The molecular formula is C20H34ClN3O3S. The third kappa shape index (κ3) is 6.72. The number of nitrogens with zero attached hydrogens (tertiary/aromatic N) is 1. The minimum Gasteiger partial charge on any atom is -0.352 e. The largest absolute Gasteiger partial charge is 0.352 e. The molecule has 0 aliphatic carbocycles. The molecule has 2 rings (SSSR count). The number of piperidine rings is 1. The third-order valence-corrected chi connectivity index (χ3v) is 7.52. The molecule has 1 unspecified atom stereocenters. The van der Waals surface area contributed by atoms with E-state index in [-0.39, 0.29) is 18.3 Å². The lowest BCUT2D eigenvalue weighted by molar-refractivity contribution is -0.122. The summed E-state index contributed by atoms with van der Waals surface area (Å²) in [6, 6.07) is 6.78. The summed E-state index contributed by atoms with van der Waals surface area (Å²) in [5, 5.41) is 6.31. The molecule has 28 heavy (non-hydrogen) atoms. The zero-order valence-corrected chi connectivity index (χ0v) is 18.7. The van der Waals surface area contributed by atoms with E-state index in [0.717, 1.165) is 31.5 Å². The van der Waals surface area contributed by atoms with E-state index in [9.17, 15) is 13.2 Å². The summed E-state index contributed by atoms with van der Waals surface area (Å²) in [5.74, 6) is 1.05. The molecule has 1 aromatic carbocycles. The van der Waals surface area contributed by atoms with Crippen LogP contribution in [0.15, 0.2) is 29.2 Å². The zero-order valence-electron chi connectivity index (χ0n) is 17.1. The first kappa shape index (κ1) is 24.9. The van der Waals surface area contributed by atoms with E-state index < -0.39 is 10.0 Å². The standard InChI is InChI=1S/C20H33N3O3S.ClH/c1-4-23(5-2)27(25,26)19-8-6-17(7-9-19)15-22-20(24)14-16(3)18-10-12-21-13-11-18;/h6-9,16,18,21H,4-5,10-15H2,1-3H3,(H,22,24);1H. The summed E-state index contributed by atoms with van der Waals surface area (Å²) in [5.41, 5.74) is 0.899. The van der Waals surface area contributed by atoms with Crippen LogP contribution >= 0.6 is 12.4 Å². The molecule has 1 fully saturated rings. The second-order valence-corrected chi connectivity index (χ2v) is 9.22. The fraction of sp³-hybridized carbons (Fsp3) is 0.650. The van der Waals surface area contributed by atoms with Crippen LogP contribution in [0.4, 0.5) is 0 Å². The van der Waals surface area contributed by atoms with Gasteiger partial charge in [0.05, 0.1) is 4.90 Å². The van der Waals surface area contributed by atoms with Gasteiger partial charge >= 0.3 is 0 Å². The van der Waals surface area contributed by atoms with E-state index in [4.69, 9.17) is 0 Å². The Kier molecular flexibility index (Phi) is 10.4. The Balaban J connectivity index is 0.00000392. The number of halogens is 1. The third-order valence-electron chi connectivity index (χ3n) is 5.45. The maximum absolute atomic E-state index is 12.5. The molecule has 1 amide bonds. The molecule has 1 heterocycles. The first-order valence-electron chi connectivity index (χ1n) is 9.95. The highest BCUT2D eigenvalue weighted by Gasteiger charge is 2.22. The minimum absolute atomic E-state index is 0. The Morgan fingerprint density at radius 2 is 1.75 bits per heavy atom. The van der Waals surface area contributed by atoms with Crippen LogP contribution in [0.1, 0.15) is 45.6 Å². The smallest absolute Gasteiger partial charge is 0.243 e. The van der Waals surface area contributed by atoms with Crippen molar-refractivity contribution in [3.05, 3.63) is 29.8 Å². The molecule has 0 aromatic heterocycles.